The molecule has 2 aliphatic rings. The van der Waals surface area contributed by atoms with Crippen molar-refractivity contribution in [3.05, 3.63) is 17.5 Å². The van der Waals surface area contributed by atoms with Gasteiger partial charge in [-0.25, -0.2) is 0 Å². The van der Waals surface area contributed by atoms with Gasteiger partial charge in [-0.3, -0.25) is 4.68 Å². The maximum Gasteiger partial charge on any atom is 0.0540 e. The first-order valence-corrected chi connectivity index (χ1v) is 5.15. The van der Waals surface area contributed by atoms with Gasteiger partial charge in [0.15, 0.2) is 0 Å². The van der Waals surface area contributed by atoms with Crippen LogP contribution >= 0.6 is 0 Å². The van der Waals surface area contributed by atoms with Gasteiger partial charge in [-0.05, 0) is 31.6 Å². The first-order valence-electron chi connectivity index (χ1n) is 5.15. The Morgan fingerprint density at radius 2 is 2.31 bits per heavy atom. The van der Waals surface area contributed by atoms with Crippen LogP contribution in [-0.4, -0.2) is 9.78 Å². The van der Waals surface area contributed by atoms with Gasteiger partial charge < -0.3 is 5.73 Å². The van der Waals surface area contributed by atoms with Gasteiger partial charge in [0.1, 0.15) is 0 Å². The molecule has 1 aromatic rings. The van der Waals surface area contributed by atoms with Crippen molar-refractivity contribution in [1.82, 2.24) is 9.78 Å². The largest absolute Gasteiger partial charge is 0.324 e. The summed E-state index contributed by atoms with van der Waals surface area (Å²) in [4.78, 5) is 0. The maximum absolute atomic E-state index is 5.95. The Hall–Kier alpha value is -0.830. The van der Waals surface area contributed by atoms with Crippen molar-refractivity contribution in [1.29, 1.82) is 0 Å². The zero-order valence-electron chi connectivity index (χ0n) is 7.74. The molecule has 3 heteroatoms. The van der Waals surface area contributed by atoms with Crippen molar-refractivity contribution < 1.29 is 0 Å². The van der Waals surface area contributed by atoms with Crippen molar-refractivity contribution >= 4 is 0 Å². The minimum atomic E-state index is 0.253. The van der Waals surface area contributed by atoms with Gasteiger partial charge in [0.05, 0.1) is 6.20 Å². The summed E-state index contributed by atoms with van der Waals surface area (Å²) in [5, 5.41) is 4.41. The van der Waals surface area contributed by atoms with Crippen LogP contribution in [0.1, 0.15) is 36.6 Å². The van der Waals surface area contributed by atoms with Gasteiger partial charge in [0, 0.05) is 23.8 Å². The average molecular weight is 177 g/mol. The fourth-order valence-electron chi connectivity index (χ4n) is 2.16. The Kier molecular flexibility index (Phi) is 1.50. The number of hydrogen-bond donors (Lipinski definition) is 1. The van der Waals surface area contributed by atoms with Crippen LogP contribution in [0.4, 0.5) is 0 Å². The molecule has 2 N–H and O–H groups in total. The van der Waals surface area contributed by atoms with Crippen molar-refractivity contribution in [2.45, 2.75) is 38.3 Å². The number of nitrogens with zero attached hydrogens (tertiary/aromatic N) is 2. The summed E-state index contributed by atoms with van der Waals surface area (Å²) < 4.78 is 2.18. The van der Waals surface area contributed by atoms with Crippen molar-refractivity contribution in [2.24, 2.45) is 11.7 Å². The molecule has 3 rings (SSSR count). The second-order valence-electron chi connectivity index (χ2n) is 4.32. The molecular formula is C10H15N3. The van der Waals surface area contributed by atoms with Gasteiger partial charge >= 0.3 is 0 Å². The monoisotopic (exact) mass is 177 g/mol. The predicted octanol–water partition coefficient (Wildman–Crippen LogP) is 1.24. The highest BCUT2D eigenvalue weighted by Gasteiger charge is 2.27. The molecule has 2 aliphatic carbocycles. The lowest BCUT2D eigenvalue weighted by atomic mass is 10.2. The van der Waals surface area contributed by atoms with Crippen molar-refractivity contribution in [3.63, 3.8) is 0 Å². The zero-order chi connectivity index (χ0) is 8.84. The van der Waals surface area contributed by atoms with Crippen LogP contribution in [-0.2, 0) is 13.0 Å². The first-order chi connectivity index (χ1) is 6.34. The van der Waals surface area contributed by atoms with E-state index in [-0.39, 0.29) is 6.04 Å². The normalized spacial score (nSPS) is 26.4. The second-order valence-corrected chi connectivity index (χ2v) is 4.32. The van der Waals surface area contributed by atoms with E-state index in [1.54, 1.807) is 0 Å². The van der Waals surface area contributed by atoms with Gasteiger partial charge in [0.25, 0.3) is 0 Å². The van der Waals surface area contributed by atoms with Crippen LogP contribution in [0, 0.1) is 5.92 Å². The van der Waals surface area contributed by atoms with E-state index in [4.69, 9.17) is 5.73 Å². The molecule has 0 radical (unpaired) electrons. The summed E-state index contributed by atoms with van der Waals surface area (Å²) in [6.45, 7) is 1.13. The summed E-state index contributed by atoms with van der Waals surface area (Å²) in [6, 6.07) is 0.253. The third kappa shape index (κ3) is 1.18. The number of rotatable bonds is 2. The molecule has 0 aromatic carbocycles. The Morgan fingerprint density at radius 3 is 3.08 bits per heavy atom. The minimum Gasteiger partial charge on any atom is -0.324 e. The molecule has 1 heterocycles. The van der Waals surface area contributed by atoms with Gasteiger partial charge in [-0.15, -0.1) is 0 Å². The highest BCUT2D eigenvalue weighted by molar-refractivity contribution is 5.26. The number of fused-ring (bicyclic) bond motifs is 1. The van der Waals surface area contributed by atoms with E-state index in [0.717, 1.165) is 25.3 Å². The average Bonchev–Trinajstić information content (AvgIpc) is 2.72. The third-order valence-corrected chi connectivity index (χ3v) is 3.20. The second kappa shape index (κ2) is 2.58. The Balaban J connectivity index is 1.89. The highest BCUT2D eigenvalue weighted by Crippen LogP contribution is 2.34. The predicted molar refractivity (Wildman–Crippen MR) is 50.2 cm³/mol. The van der Waals surface area contributed by atoms with E-state index in [1.165, 1.54) is 24.1 Å². The molecular weight excluding hydrogens is 162 g/mol. The van der Waals surface area contributed by atoms with Gasteiger partial charge in [0.2, 0.25) is 0 Å². The minimum absolute atomic E-state index is 0.253. The molecule has 0 unspecified atom stereocenters. The fourth-order valence-corrected chi connectivity index (χ4v) is 2.16. The molecule has 13 heavy (non-hydrogen) atoms. The van der Waals surface area contributed by atoms with Crippen molar-refractivity contribution in [3.8, 4) is 0 Å². The lowest BCUT2D eigenvalue weighted by Crippen LogP contribution is -2.05. The van der Waals surface area contributed by atoms with Crippen molar-refractivity contribution in [2.75, 3.05) is 0 Å². The van der Waals surface area contributed by atoms with Crippen LogP contribution in [0.25, 0.3) is 0 Å². The molecule has 0 bridgehead atoms. The Morgan fingerprint density at radius 1 is 1.46 bits per heavy atom. The zero-order valence-corrected chi connectivity index (χ0v) is 7.74. The summed E-state index contributed by atoms with van der Waals surface area (Å²) >= 11 is 0. The van der Waals surface area contributed by atoms with Crippen LogP contribution < -0.4 is 5.73 Å². The lowest BCUT2D eigenvalue weighted by Gasteiger charge is -2.02. The van der Waals surface area contributed by atoms with Crippen LogP contribution in [0.2, 0.25) is 0 Å². The molecule has 70 valence electrons. The molecule has 1 fully saturated rings. The highest BCUT2D eigenvalue weighted by atomic mass is 15.3. The quantitative estimate of drug-likeness (QED) is 0.738. The molecule has 0 amide bonds. The van der Waals surface area contributed by atoms with Gasteiger partial charge in [-0.1, -0.05) is 0 Å². The maximum atomic E-state index is 5.95. The molecule has 1 aromatic heterocycles. The third-order valence-electron chi connectivity index (χ3n) is 3.20. The van der Waals surface area contributed by atoms with Crippen LogP contribution in [0.5, 0.6) is 0 Å². The van der Waals surface area contributed by atoms with E-state index in [9.17, 15) is 0 Å². The standard InChI is InChI=1S/C10H15N3/c11-9-3-4-10-8(9)5-12-13(10)6-7-1-2-7/h5,7,9H,1-4,6,11H2/t9-/m0/s1. The summed E-state index contributed by atoms with van der Waals surface area (Å²) in [7, 11) is 0. The van der Waals surface area contributed by atoms with E-state index in [1.807, 2.05) is 6.20 Å². The smallest absolute Gasteiger partial charge is 0.0540 e. The molecule has 1 atom stereocenters. The summed E-state index contributed by atoms with van der Waals surface area (Å²) in [5.74, 6) is 0.904. The van der Waals surface area contributed by atoms with E-state index < -0.39 is 0 Å². The summed E-state index contributed by atoms with van der Waals surface area (Å²) in [6.07, 6.45) is 6.98. The topological polar surface area (TPSA) is 43.8 Å². The Bertz CT molecular complexity index is 325. The van der Waals surface area contributed by atoms with Crippen LogP contribution in [0.3, 0.4) is 0 Å². The SMILES string of the molecule is N[C@H]1CCc2c1cnn2CC1CC1. The molecule has 0 aliphatic heterocycles. The molecule has 3 nitrogen and oxygen atoms in total. The lowest BCUT2D eigenvalue weighted by molar-refractivity contribution is 0.538. The number of aromatic nitrogens is 2. The first kappa shape index (κ1) is 7.56. The van der Waals surface area contributed by atoms with E-state index in [0.29, 0.717) is 0 Å². The summed E-state index contributed by atoms with van der Waals surface area (Å²) in [5.41, 5.74) is 8.65. The van der Waals surface area contributed by atoms with Gasteiger partial charge in [-0.2, -0.15) is 5.10 Å². The number of hydrogen-bond acceptors (Lipinski definition) is 2. The molecule has 0 spiro atoms. The Labute approximate surface area is 77.9 Å². The van der Waals surface area contributed by atoms with Crippen LogP contribution in [0.15, 0.2) is 6.20 Å². The van der Waals surface area contributed by atoms with E-state index >= 15 is 0 Å². The number of nitrogens with two attached hydrogens (primary N) is 1. The molecule has 1 saturated carbocycles. The fraction of sp³-hybridized carbons (Fsp3) is 0.700. The molecule has 0 saturated heterocycles. The van der Waals surface area contributed by atoms with E-state index in [2.05, 4.69) is 9.78 Å².